The number of carbonyl (C=O) groups is 3. The number of amides is 3. The molecular formula is C26H28Cl2N4O3. The number of fused-ring (bicyclic) bond motifs is 2. The first-order chi connectivity index (χ1) is 16.9. The van der Waals surface area contributed by atoms with Crippen LogP contribution < -0.4 is 10.6 Å². The van der Waals surface area contributed by atoms with Gasteiger partial charge in [0.1, 0.15) is 11.7 Å². The first kappa shape index (κ1) is 24.0. The van der Waals surface area contributed by atoms with E-state index in [9.17, 15) is 14.4 Å². The highest BCUT2D eigenvalue weighted by molar-refractivity contribution is 6.40. The number of terminal acetylenes is 1. The number of aromatic nitrogens is 1. The second-order valence-corrected chi connectivity index (χ2v) is 10.7. The van der Waals surface area contributed by atoms with Crippen molar-refractivity contribution < 1.29 is 14.4 Å². The standard InChI is InChI=1S/C26H28Cl2N4O3/c1-2-16(7-6-14-10-11-29-24(14)33)30-25(34)23-17-5-3-4-15(17)13-32(23)26(35)21-12-18-19(27)8-9-20(28)22(18)31-21/h1,8-9,12,14-17,23,31H,3-7,10-11,13H2,(H,29,33)(H,30,34)/t14-,15+,16-,17+,23+/m1/s1. The Balaban J connectivity index is 1.34. The van der Waals surface area contributed by atoms with Gasteiger partial charge < -0.3 is 20.5 Å². The summed E-state index contributed by atoms with van der Waals surface area (Å²) in [5.41, 5.74) is 0.958. The van der Waals surface area contributed by atoms with Crippen LogP contribution in [0, 0.1) is 30.1 Å². The number of hydrogen-bond donors (Lipinski definition) is 3. The zero-order chi connectivity index (χ0) is 24.7. The van der Waals surface area contributed by atoms with Crippen molar-refractivity contribution in [3.05, 3.63) is 33.9 Å². The van der Waals surface area contributed by atoms with Crippen LogP contribution in [0.25, 0.3) is 10.9 Å². The zero-order valence-electron chi connectivity index (χ0n) is 19.3. The van der Waals surface area contributed by atoms with Gasteiger partial charge in [-0.15, -0.1) is 6.42 Å². The summed E-state index contributed by atoms with van der Waals surface area (Å²) in [6.45, 7) is 1.21. The van der Waals surface area contributed by atoms with E-state index in [2.05, 4.69) is 21.5 Å². The van der Waals surface area contributed by atoms with E-state index in [4.69, 9.17) is 29.6 Å². The molecule has 1 aliphatic carbocycles. The Kier molecular flexibility index (Phi) is 6.69. The molecule has 2 aliphatic heterocycles. The Morgan fingerprint density at radius 2 is 2.03 bits per heavy atom. The van der Waals surface area contributed by atoms with Crippen molar-refractivity contribution in [2.45, 2.75) is 50.6 Å². The number of halogens is 2. The van der Waals surface area contributed by atoms with Gasteiger partial charge in [0.2, 0.25) is 11.8 Å². The SMILES string of the molecule is C#C[C@H](CC[C@@H]1CCNC1=O)NC(=O)[C@@H]1[C@H]2CCC[C@H]2CN1C(=O)c1cc2c(Cl)ccc(Cl)c2[nH]1. The fourth-order valence-corrected chi connectivity index (χ4v) is 6.44. The van der Waals surface area contributed by atoms with Gasteiger partial charge in [-0.1, -0.05) is 35.5 Å². The van der Waals surface area contributed by atoms with Crippen molar-refractivity contribution in [1.82, 2.24) is 20.5 Å². The summed E-state index contributed by atoms with van der Waals surface area (Å²) in [6, 6.07) is 4.01. The molecule has 184 valence electrons. The molecule has 2 saturated heterocycles. The predicted molar refractivity (Wildman–Crippen MR) is 135 cm³/mol. The minimum atomic E-state index is -0.585. The number of hydrogen-bond acceptors (Lipinski definition) is 3. The van der Waals surface area contributed by atoms with Gasteiger partial charge >= 0.3 is 0 Å². The van der Waals surface area contributed by atoms with Gasteiger partial charge in [0.05, 0.1) is 21.6 Å². The molecule has 3 fully saturated rings. The summed E-state index contributed by atoms with van der Waals surface area (Å²) < 4.78 is 0. The lowest BCUT2D eigenvalue weighted by Gasteiger charge is -2.28. The molecule has 0 bridgehead atoms. The minimum Gasteiger partial charge on any atom is -0.356 e. The maximum atomic E-state index is 13.6. The molecule has 3 N–H and O–H groups in total. The van der Waals surface area contributed by atoms with Crippen LogP contribution in [0.3, 0.4) is 0 Å². The van der Waals surface area contributed by atoms with Gasteiger partial charge in [-0.05, 0) is 62.1 Å². The molecule has 1 saturated carbocycles. The summed E-state index contributed by atoms with van der Waals surface area (Å²) in [5, 5.41) is 7.47. The third kappa shape index (κ3) is 4.50. The van der Waals surface area contributed by atoms with Crippen molar-refractivity contribution >= 4 is 51.8 Å². The minimum absolute atomic E-state index is 0.0481. The summed E-state index contributed by atoms with van der Waals surface area (Å²) >= 11 is 12.6. The molecule has 5 rings (SSSR count). The monoisotopic (exact) mass is 514 g/mol. The number of carbonyl (C=O) groups excluding carboxylic acids is 3. The lowest BCUT2D eigenvalue weighted by molar-refractivity contribution is -0.126. The van der Waals surface area contributed by atoms with Crippen LogP contribution >= 0.6 is 23.2 Å². The average Bonchev–Trinajstić information content (AvgIpc) is 3.62. The lowest BCUT2D eigenvalue weighted by atomic mass is 9.93. The first-order valence-corrected chi connectivity index (χ1v) is 12.9. The van der Waals surface area contributed by atoms with Gasteiger partial charge in [-0.25, -0.2) is 0 Å². The Labute approximate surface area is 214 Å². The van der Waals surface area contributed by atoms with Gasteiger partial charge in [0.25, 0.3) is 5.91 Å². The molecule has 3 aliphatic rings. The third-order valence-electron chi connectivity index (χ3n) is 7.82. The number of rotatable bonds is 6. The number of benzene rings is 1. The lowest BCUT2D eigenvalue weighted by Crippen LogP contribution is -2.51. The molecule has 9 heteroatoms. The van der Waals surface area contributed by atoms with Gasteiger partial charge in [0.15, 0.2) is 0 Å². The van der Waals surface area contributed by atoms with E-state index >= 15 is 0 Å². The highest BCUT2D eigenvalue weighted by atomic mass is 35.5. The molecule has 2 aromatic rings. The Morgan fingerprint density at radius 3 is 2.74 bits per heavy atom. The van der Waals surface area contributed by atoms with Crippen molar-refractivity contribution in [3.63, 3.8) is 0 Å². The second-order valence-electron chi connectivity index (χ2n) is 9.84. The molecule has 1 aromatic carbocycles. The van der Waals surface area contributed by atoms with E-state index < -0.39 is 12.1 Å². The van der Waals surface area contributed by atoms with Gasteiger partial charge in [-0.3, -0.25) is 14.4 Å². The molecule has 1 aromatic heterocycles. The molecule has 3 amide bonds. The summed E-state index contributed by atoms with van der Waals surface area (Å²) in [4.78, 5) is 43.8. The average molecular weight is 515 g/mol. The maximum absolute atomic E-state index is 13.6. The van der Waals surface area contributed by atoms with Crippen LogP contribution in [0.5, 0.6) is 0 Å². The first-order valence-electron chi connectivity index (χ1n) is 12.2. The van der Waals surface area contributed by atoms with Crippen LogP contribution in [-0.2, 0) is 9.59 Å². The molecule has 0 spiro atoms. The van der Waals surface area contributed by atoms with Crippen LogP contribution in [0.2, 0.25) is 10.0 Å². The van der Waals surface area contributed by atoms with Gasteiger partial charge in [-0.2, -0.15) is 0 Å². The van der Waals surface area contributed by atoms with Crippen molar-refractivity contribution in [1.29, 1.82) is 0 Å². The molecule has 0 radical (unpaired) electrons. The summed E-state index contributed by atoms with van der Waals surface area (Å²) in [6.07, 6.45) is 10.6. The Hall–Kier alpha value is -2.69. The molecular weight excluding hydrogens is 487 g/mol. The van der Waals surface area contributed by atoms with E-state index in [1.165, 1.54) is 0 Å². The maximum Gasteiger partial charge on any atom is 0.271 e. The van der Waals surface area contributed by atoms with Crippen LogP contribution in [0.15, 0.2) is 18.2 Å². The van der Waals surface area contributed by atoms with Crippen molar-refractivity contribution in [2.75, 3.05) is 13.1 Å². The van der Waals surface area contributed by atoms with E-state index in [-0.39, 0.29) is 35.5 Å². The number of aromatic amines is 1. The van der Waals surface area contributed by atoms with Crippen molar-refractivity contribution in [2.24, 2.45) is 17.8 Å². The highest BCUT2D eigenvalue weighted by Gasteiger charge is 2.50. The normalized spacial score (nSPS) is 26.4. The fourth-order valence-electron chi connectivity index (χ4n) is 6.01. The van der Waals surface area contributed by atoms with E-state index in [1.807, 2.05) is 0 Å². The largest absolute Gasteiger partial charge is 0.356 e. The van der Waals surface area contributed by atoms with Crippen LogP contribution in [-0.4, -0.2) is 52.8 Å². The quantitative estimate of drug-likeness (QED) is 0.512. The molecule has 5 atom stereocenters. The smallest absolute Gasteiger partial charge is 0.271 e. The molecule has 35 heavy (non-hydrogen) atoms. The molecule has 3 heterocycles. The summed E-state index contributed by atoms with van der Waals surface area (Å²) in [5.74, 6) is 2.57. The number of likely N-dealkylation sites (tertiary alicyclic amines) is 1. The van der Waals surface area contributed by atoms with E-state index in [1.54, 1.807) is 23.1 Å². The highest BCUT2D eigenvalue weighted by Crippen LogP contribution is 2.43. The van der Waals surface area contributed by atoms with Crippen LogP contribution in [0.1, 0.15) is 49.0 Å². The Morgan fingerprint density at radius 1 is 1.23 bits per heavy atom. The third-order valence-corrected chi connectivity index (χ3v) is 8.47. The number of nitrogens with zero attached hydrogens (tertiary/aromatic N) is 1. The van der Waals surface area contributed by atoms with Gasteiger partial charge in [0, 0.05) is 24.4 Å². The number of H-pyrrole nitrogens is 1. The molecule has 0 unspecified atom stereocenters. The second kappa shape index (κ2) is 9.75. The molecule has 7 nitrogen and oxygen atoms in total. The Bertz CT molecular complexity index is 1180. The number of nitrogens with one attached hydrogen (secondary N) is 3. The predicted octanol–water partition coefficient (Wildman–Crippen LogP) is 3.75. The van der Waals surface area contributed by atoms with Crippen molar-refractivity contribution in [3.8, 4) is 12.3 Å². The fraction of sp³-hybridized carbons (Fsp3) is 0.500. The van der Waals surface area contributed by atoms with E-state index in [0.29, 0.717) is 52.6 Å². The van der Waals surface area contributed by atoms with E-state index in [0.717, 1.165) is 25.7 Å². The zero-order valence-corrected chi connectivity index (χ0v) is 20.8. The van der Waals surface area contributed by atoms with Crippen LogP contribution in [0.4, 0.5) is 0 Å². The summed E-state index contributed by atoms with van der Waals surface area (Å²) in [7, 11) is 0. The topological polar surface area (TPSA) is 94.3 Å².